The Morgan fingerprint density at radius 1 is 0.635 bits per heavy atom. The number of hydrogen-bond donors (Lipinski definition) is 9. The topological polar surface area (TPSA) is 269 Å². The standard InChI is InChI=1S/C37H32O15/c38-23-8-3-19(5-10-32(45)51-30(35(46)47)13-17-1-6-24(39)27(42)11-17)33-22(23)16-21(20-4-9-26(41)29(44)15-20)34(33)37(50)52-31(36(48)49)14-18-2-7-25(40)28(43)12-18/h1-12,15,21,30-31,34,38-44H,13-14,16H2,(H,46,47)(H,48,49)/b10-5-/t21-,30-,31-,34+/m1/s1. The summed E-state index contributed by atoms with van der Waals surface area (Å²) in [5.41, 5.74) is 1.28. The van der Waals surface area contributed by atoms with Crippen molar-refractivity contribution in [3.8, 4) is 40.2 Å². The maximum absolute atomic E-state index is 14.0. The molecule has 0 fully saturated rings. The molecule has 15 nitrogen and oxygen atoms in total. The van der Waals surface area contributed by atoms with Crippen LogP contribution in [0.25, 0.3) is 6.08 Å². The normalized spacial score (nSPS) is 16.2. The fourth-order valence-corrected chi connectivity index (χ4v) is 6.03. The number of rotatable bonds is 12. The smallest absolute Gasteiger partial charge is 0.345 e. The number of carboxylic acid groups (broad SMARTS) is 2. The predicted molar refractivity (Wildman–Crippen MR) is 178 cm³/mol. The minimum Gasteiger partial charge on any atom is -0.508 e. The van der Waals surface area contributed by atoms with Crippen LogP contribution in [-0.2, 0) is 47.9 Å². The molecule has 4 atom stereocenters. The van der Waals surface area contributed by atoms with Crippen LogP contribution < -0.4 is 0 Å². The van der Waals surface area contributed by atoms with Crippen LogP contribution in [0.2, 0.25) is 0 Å². The van der Waals surface area contributed by atoms with Gasteiger partial charge >= 0.3 is 23.9 Å². The minimum absolute atomic E-state index is 0.0403. The van der Waals surface area contributed by atoms with Crippen LogP contribution in [0.1, 0.15) is 45.2 Å². The highest BCUT2D eigenvalue weighted by atomic mass is 16.6. The van der Waals surface area contributed by atoms with Crippen LogP contribution in [0, 0.1) is 0 Å². The average Bonchev–Trinajstić information content (AvgIpc) is 3.50. The minimum atomic E-state index is -1.79. The van der Waals surface area contributed by atoms with E-state index < -0.39 is 88.8 Å². The van der Waals surface area contributed by atoms with Crippen molar-refractivity contribution in [1.82, 2.24) is 0 Å². The lowest BCUT2D eigenvalue weighted by atomic mass is 9.85. The van der Waals surface area contributed by atoms with Crippen LogP contribution in [0.3, 0.4) is 0 Å². The van der Waals surface area contributed by atoms with E-state index in [0.29, 0.717) is 5.56 Å². The van der Waals surface area contributed by atoms with E-state index in [0.717, 1.165) is 30.3 Å². The zero-order valence-electron chi connectivity index (χ0n) is 26.9. The first kappa shape index (κ1) is 36.4. The Balaban J connectivity index is 1.47. The summed E-state index contributed by atoms with van der Waals surface area (Å²) in [6.45, 7) is 0. The lowest BCUT2D eigenvalue weighted by molar-refractivity contribution is -0.165. The Labute approximate surface area is 294 Å². The van der Waals surface area contributed by atoms with E-state index >= 15 is 0 Å². The molecule has 1 aliphatic carbocycles. The van der Waals surface area contributed by atoms with Crippen molar-refractivity contribution in [3.05, 3.63) is 106 Å². The second kappa shape index (κ2) is 14.9. The number of esters is 2. The number of aliphatic carboxylic acids is 2. The molecule has 9 N–H and O–H groups in total. The average molecular weight is 717 g/mol. The Bertz CT molecular complexity index is 2090. The molecule has 0 spiro atoms. The molecule has 0 aliphatic heterocycles. The van der Waals surface area contributed by atoms with Crippen molar-refractivity contribution in [3.63, 3.8) is 0 Å². The largest absolute Gasteiger partial charge is 0.508 e. The van der Waals surface area contributed by atoms with Gasteiger partial charge in [-0.2, -0.15) is 0 Å². The number of carboxylic acids is 2. The highest BCUT2D eigenvalue weighted by Crippen LogP contribution is 2.50. The van der Waals surface area contributed by atoms with Gasteiger partial charge in [0.15, 0.2) is 34.5 Å². The maximum Gasteiger partial charge on any atom is 0.345 e. The van der Waals surface area contributed by atoms with Gasteiger partial charge in [-0.15, -0.1) is 0 Å². The highest BCUT2D eigenvalue weighted by molar-refractivity contribution is 5.91. The fraction of sp³-hybridized carbons (Fsp3) is 0.189. The summed E-state index contributed by atoms with van der Waals surface area (Å²) in [5, 5.41) is 89.4. The van der Waals surface area contributed by atoms with E-state index in [1.54, 1.807) is 0 Å². The molecule has 5 rings (SSSR count). The van der Waals surface area contributed by atoms with E-state index in [1.165, 1.54) is 48.5 Å². The predicted octanol–water partition coefficient (Wildman–Crippen LogP) is 3.54. The Morgan fingerprint density at radius 2 is 1.13 bits per heavy atom. The van der Waals surface area contributed by atoms with Crippen LogP contribution in [-0.4, -0.2) is 82.0 Å². The molecule has 0 amide bonds. The van der Waals surface area contributed by atoms with E-state index in [-0.39, 0.29) is 46.4 Å². The van der Waals surface area contributed by atoms with E-state index in [4.69, 9.17) is 9.47 Å². The quantitative estimate of drug-likeness (QED) is 0.0576. The molecule has 0 saturated carbocycles. The Kier molecular flexibility index (Phi) is 10.4. The second-order valence-electron chi connectivity index (χ2n) is 12.0. The molecule has 52 heavy (non-hydrogen) atoms. The van der Waals surface area contributed by atoms with Gasteiger partial charge in [-0.1, -0.05) is 24.3 Å². The zero-order chi connectivity index (χ0) is 37.9. The second-order valence-corrected chi connectivity index (χ2v) is 12.0. The molecular weight excluding hydrogens is 684 g/mol. The maximum atomic E-state index is 14.0. The number of carbonyl (C=O) groups excluding carboxylic acids is 2. The molecule has 4 aromatic rings. The third-order valence-electron chi connectivity index (χ3n) is 8.57. The third kappa shape index (κ3) is 7.94. The number of aromatic hydroxyl groups is 7. The number of phenolic OH excluding ortho intramolecular Hbond substituents is 7. The van der Waals surface area contributed by atoms with Gasteiger partial charge in [0.2, 0.25) is 12.2 Å². The Morgan fingerprint density at radius 3 is 1.65 bits per heavy atom. The third-order valence-corrected chi connectivity index (χ3v) is 8.57. The SMILES string of the molecule is O=C(/C=C\c1ccc(O)c2c1[C@@H](C(=O)O[C@H](Cc1ccc(O)c(O)c1)C(=O)O)[C@@H](c1ccc(O)c(O)c1)C2)O[C@H](Cc1ccc(O)c(O)c1)C(=O)O. The first-order valence-corrected chi connectivity index (χ1v) is 15.6. The molecular formula is C37H32O15. The van der Waals surface area contributed by atoms with Crippen LogP contribution in [0.15, 0.2) is 72.8 Å². The van der Waals surface area contributed by atoms with Crippen molar-refractivity contribution in [1.29, 1.82) is 0 Å². The van der Waals surface area contributed by atoms with Gasteiger partial charge in [0.05, 0.1) is 5.92 Å². The summed E-state index contributed by atoms with van der Waals surface area (Å²) in [4.78, 5) is 51.0. The van der Waals surface area contributed by atoms with Crippen molar-refractivity contribution >= 4 is 30.0 Å². The molecule has 0 heterocycles. The summed E-state index contributed by atoms with van der Waals surface area (Å²) in [5.74, 6) is -10.6. The molecule has 0 saturated heterocycles. The molecule has 0 unspecified atom stereocenters. The lowest BCUT2D eigenvalue weighted by Crippen LogP contribution is -2.32. The van der Waals surface area contributed by atoms with E-state index in [9.17, 15) is 65.1 Å². The van der Waals surface area contributed by atoms with E-state index in [2.05, 4.69) is 0 Å². The van der Waals surface area contributed by atoms with Crippen molar-refractivity contribution in [2.45, 2.75) is 43.3 Å². The van der Waals surface area contributed by atoms with Gasteiger partial charge in [-0.3, -0.25) is 4.79 Å². The summed E-state index contributed by atoms with van der Waals surface area (Å²) in [6, 6.07) is 13.6. The van der Waals surface area contributed by atoms with Crippen LogP contribution in [0.4, 0.5) is 0 Å². The van der Waals surface area contributed by atoms with Gasteiger partial charge in [-0.05, 0) is 88.3 Å². The molecule has 270 valence electrons. The lowest BCUT2D eigenvalue weighted by Gasteiger charge is -2.23. The molecule has 1 aliphatic rings. The number of benzene rings is 4. The fourth-order valence-electron chi connectivity index (χ4n) is 6.03. The monoisotopic (exact) mass is 716 g/mol. The first-order valence-electron chi connectivity index (χ1n) is 15.6. The van der Waals surface area contributed by atoms with E-state index in [1.807, 2.05) is 0 Å². The summed E-state index contributed by atoms with van der Waals surface area (Å²) in [7, 11) is 0. The highest BCUT2D eigenvalue weighted by Gasteiger charge is 2.44. The van der Waals surface area contributed by atoms with Gasteiger partial charge in [0.1, 0.15) is 5.75 Å². The first-order chi connectivity index (χ1) is 24.6. The zero-order valence-corrected chi connectivity index (χ0v) is 26.9. The molecule has 15 heteroatoms. The van der Waals surface area contributed by atoms with Crippen molar-refractivity contribution < 1.29 is 74.6 Å². The van der Waals surface area contributed by atoms with Gasteiger partial charge in [-0.25, -0.2) is 14.4 Å². The summed E-state index contributed by atoms with van der Waals surface area (Å²) in [6.07, 6.45) is -2.21. The van der Waals surface area contributed by atoms with Gasteiger partial charge < -0.3 is 55.4 Å². The van der Waals surface area contributed by atoms with Crippen molar-refractivity contribution in [2.24, 2.45) is 0 Å². The number of fused-ring (bicyclic) bond motifs is 1. The molecule has 4 aromatic carbocycles. The van der Waals surface area contributed by atoms with Crippen LogP contribution >= 0.6 is 0 Å². The molecule has 0 bridgehead atoms. The van der Waals surface area contributed by atoms with Crippen molar-refractivity contribution in [2.75, 3.05) is 0 Å². The van der Waals surface area contributed by atoms with Crippen LogP contribution in [0.5, 0.6) is 40.2 Å². The number of hydrogen-bond acceptors (Lipinski definition) is 13. The van der Waals surface area contributed by atoms with Gasteiger partial charge in [0, 0.05) is 24.8 Å². The number of phenols is 7. The number of carbonyl (C=O) groups is 4. The number of ether oxygens (including phenoxy) is 2. The summed E-state index contributed by atoms with van der Waals surface area (Å²) < 4.78 is 10.6. The molecule has 0 radical (unpaired) electrons. The molecule has 0 aromatic heterocycles. The Hall–Kier alpha value is -6.90. The summed E-state index contributed by atoms with van der Waals surface area (Å²) >= 11 is 0. The van der Waals surface area contributed by atoms with Gasteiger partial charge in [0.25, 0.3) is 0 Å².